The van der Waals surface area contributed by atoms with E-state index in [1.807, 2.05) is 16.3 Å². The van der Waals surface area contributed by atoms with Gasteiger partial charge < -0.3 is 10.0 Å². The molecule has 5 nitrogen and oxygen atoms in total. The van der Waals surface area contributed by atoms with Gasteiger partial charge in [0.1, 0.15) is 0 Å². The highest BCUT2D eigenvalue weighted by Gasteiger charge is 2.27. The third-order valence-corrected chi connectivity index (χ3v) is 5.34. The lowest BCUT2D eigenvalue weighted by Gasteiger charge is -2.31. The molecule has 1 aliphatic rings. The summed E-state index contributed by atoms with van der Waals surface area (Å²) < 4.78 is 1.03. The Kier molecular flexibility index (Phi) is 7.82. The van der Waals surface area contributed by atoms with E-state index in [0.717, 1.165) is 22.3 Å². The number of carboxylic acid groups (broad SMARTS) is 1. The van der Waals surface area contributed by atoms with Gasteiger partial charge in [-0.2, -0.15) is 0 Å². The maximum Gasteiger partial charge on any atom is 0.307 e. The number of hydrogen-bond donors (Lipinski definition) is 1. The fourth-order valence-corrected chi connectivity index (χ4v) is 3.97. The van der Waals surface area contributed by atoms with E-state index in [1.165, 1.54) is 0 Å². The standard InChI is InChI=1S/C14H19BrN2O3S.ClH/c1-16(7-12-5-11(15)9-21-12)13(18)8-17-4-2-3-10(6-17)14(19)20;/h5,9-10H,2-4,6-8H2,1H3,(H,19,20);1H. The van der Waals surface area contributed by atoms with Crippen LogP contribution in [0.4, 0.5) is 0 Å². The van der Waals surface area contributed by atoms with Crippen LogP contribution in [0.2, 0.25) is 0 Å². The molecule has 2 heterocycles. The van der Waals surface area contributed by atoms with E-state index in [9.17, 15) is 9.59 Å². The molecule has 0 spiro atoms. The lowest BCUT2D eigenvalue weighted by molar-refractivity contribution is -0.144. The molecule has 0 bridgehead atoms. The summed E-state index contributed by atoms with van der Waals surface area (Å²) in [6.07, 6.45) is 1.55. The van der Waals surface area contributed by atoms with Gasteiger partial charge >= 0.3 is 5.97 Å². The molecule has 22 heavy (non-hydrogen) atoms. The molecular formula is C14H20BrClN2O3S. The molecule has 1 N–H and O–H groups in total. The fourth-order valence-electron chi connectivity index (χ4n) is 2.47. The molecule has 1 aromatic heterocycles. The Morgan fingerprint density at radius 1 is 1.55 bits per heavy atom. The monoisotopic (exact) mass is 410 g/mol. The number of carbonyl (C=O) groups is 2. The first kappa shape index (κ1) is 19.4. The van der Waals surface area contributed by atoms with Gasteiger partial charge in [0.05, 0.1) is 19.0 Å². The molecule has 1 amide bonds. The van der Waals surface area contributed by atoms with Crippen LogP contribution in [0, 0.1) is 5.92 Å². The van der Waals surface area contributed by atoms with Gasteiger partial charge in [-0.15, -0.1) is 23.7 Å². The van der Waals surface area contributed by atoms with E-state index in [2.05, 4.69) is 15.9 Å². The molecule has 1 aliphatic heterocycles. The lowest BCUT2D eigenvalue weighted by atomic mass is 9.98. The number of amides is 1. The maximum atomic E-state index is 12.2. The van der Waals surface area contributed by atoms with Gasteiger partial charge in [-0.25, -0.2) is 0 Å². The average molecular weight is 412 g/mol. The summed E-state index contributed by atoms with van der Waals surface area (Å²) in [5.74, 6) is -1.07. The van der Waals surface area contributed by atoms with Gasteiger partial charge in [0.15, 0.2) is 0 Å². The Balaban J connectivity index is 0.00000242. The number of nitrogens with zero attached hydrogens (tertiary/aromatic N) is 2. The van der Waals surface area contributed by atoms with E-state index in [4.69, 9.17) is 5.11 Å². The topological polar surface area (TPSA) is 60.9 Å². The van der Waals surface area contributed by atoms with Crippen molar-refractivity contribution in [2.45, 2.75) is 19.4 Å². The van der Waals surface area contributed by atoms with Crippen molar-refractivity contribution < 1.29 is 14.7 Å². The van der Waals surface area contributed by atoms with E-state index in [0.29, 0.717) is 26.1 Å². The van der Waals surface area contributed by atoms with Crippen LogP contribution in [0.5, 0.6) is 0 Å². The van der Waals surface area contributed by atoms with Gasteiger partial charge in [0.25, 0.3) is 0 Å². The second kappa shape index (κ2) is 8.86. The summed E-state index contributed by atoms with van der Waals surface area (Å²) in [6.45, 7) is 2.16. The zero-order valence-electron chi connectivity index (χ0n) is 12.3. The normalized spacial score (nSPS) is 18.5. The van der Waals surface area contributed by atoms with Crippen molar-refractivity contribution in [2.75, 3.05) is 26.7 Å². The van der Waals surface area contributed by atoms with Gasteiger partial charge in [0.2, 0.25) is 5.91 Å². The number of hydrogen-bond acceptors (Lipinski definition) is 4. The molecule has 0 radical (unpaired) electrons. The Morgan fingerprint density at radius 3 is 2.86 bits per heavy atom. The molecule has 0 saturated carbocycles. The zero-order chi connectivity index (χ0) is 15.4. The Labute approximate surface area is 148 Å². The number of likely N-dealkylation sites (N-methyl/N-ethyl adjacent to an activating group) is 1. The average Bonchev–Trinajstić information content (AvgIpc) is 2.84. The zero-order valence-corrected chi connectivity index (χ0v) is 15.5. The third kappa shape index (κ3) is 5.53. The van der Waals surface area contributed by atoms with Crippen LogP contribution in [0.15, 0.2) is 15.9 Å². The van der Waals surface area contributed by atoms with E-state index in [1.54, 1.807) is 23.3 Å². The van der Waals surface area contributed by atoms with E-state index in [-0.39, 0.29) is 24.2 Å². The number of carboxylic acids is 1. The van der Waals surface area contributed by atoms with Gasteiger partial charge in [0, 0.05) is 28.3 Å². The molecule has 8 heteroatoms. The second-order valence-electron chi connectivity index (χ2n) is 5.39. The van der Waals surface area contributed by atoms with Crippen LogP contribution in [-0.4, -0.2) is 53.5 Å². The minimum absolute atomic E-state index is 0. The quantitative estimate of drug-likeness (QED) is 0.809. The molecule has 1 atom stereocenters. The summed E-state index contributed by atoms with van der Waals surface area (Å²) in [6, 6.07) is 2.01. The molecule has 0 aromatic carbocycles. The summed E-state index contributed by atoms with van der Waals surface area (Å²) in [7, 11) is 1.79. The molecule has 1 unspecified atom stereocenters. The van der Waals surface area contributed by atoms with Crippen molar-refractivity contribution in [3.8, 4) is 0 Å². The summed E-state index contributed by atoms with van der Waals surface area (Å²) in [4.78, 5) is 28.0. The van der Waals surface area contributed by atoms with Crippen molar-refractivity contribution in [1.82, 2.24) is 9.80 Å². The Hall–Kier alpha value is -0.630. The van der Waals surface area contributed by atoms with Crippen LogP contribution < -0.4 is 0 Å². The van der Waals surface area contributed by atoms with Crippen LogP contribution in [0.1, 0.15) is 17.7 Å². The number of aliphatic carboxylic acids is 1. The van der Waals surface area contributed by atoms with E-state index < -0.39 is 5.97 Å². The molecule has 2 rings (SSSR count). The highest BCUT2D eigenvalue weighted by molar-refractivity contribution is 9.10. The van der Waals surface area contributed by atoms with Crippen molar-refractivity contribution in [3.05, 3.63) is 20.8 Å². The molecule has 1 saturated heterocycles. The molecule has 1 fully saturated rings. The summed E-state index contributed by atoms with van der Waals surface area (Å²) in [5.41, 5.74) is 0. The number of carbonyl (C=O) groups excluding carboxylic acids is 1. The SMILES string of the molecule is CN(Cc1cc(Br)cs1)C(=O)CN1CCCC(C(=O)O)C1.Cl. The minimum atomic E-state index is -0.760. The predicted octanol–water partition coefficient (Wildman–Crippen LogP) is 2.69. The number of piperidine rings is 1. The summed E-state index contributed by atoms with van der Waals surface area (Å²) >= 11 is 5.02. The maximum absolute atomic E-state index is 12.2. The lowest BCUT2D eigenvalue weighted by Crippen LogP contribution is -2.44. The first-order valence-corrected chi connectivity index (χ1v) is 8.55. The largest absolute Gasteiger partial charge is 0.481 e. The van der Waals surface area contributed by atoms with E-state index >= 15 is 0 Å². The smallest absolute Gasteiger partial charge is 0.307 e. The Morgan fingerprint density at radius 2 is 2.27 bits per heavy atom. The number of likely N-dealkylation sites (tertiary alicyclic amines) is 1. The van der Waals surface area contributed by atoms with Crippen LogP contribution in [0.25, 0.3) is 0 Å². The van der Waals surface area contributed by atoms with Crippen molar-refractivity contribution in [1.29, 1.82) is 0 Å². The second-order valence-corrected chi connectivity index (χ2v) is 7.31. The minimum Gasteiger partial charge on any atom is -0.481 e. The van der Waals surface area contributed by atoms with Gasteiger partial charge in [-0.1, -0.05) is 0 Å². The fraction of sp³-hybridized carbons (Fsp3) is 0.571. The van der Waals surface area contributed by atoms with Crippen LogP contribution >= 0.6 is 39.7 Å². The first-order chi connectivity index (χ1) is 9.95. The predicted molar refractivity (Wildman–Crippen MR) is 92.5 cm³/mol. The first-order valence-electron chi connectivity index (χ1n) is 6.87. The van der Waals surface area contributed by atoms with Crippen molar-refractivity contribution in [2.24, 2.45) is 5.92 Å². The van der Waals surface area contributed by atoms with Crippen LogP contribution in [-0.2, 0) is 16.1 Å². The molecule has 0 aliphatic carbocycles. The van der Waals surface area contributed by atoms with Gasteiger partial charge in [-0.3, -0.25) is 14.5 Å². The van der Waals surface area contributed by atoms with Crippen LogP contribution in [0.3, 0.4) is 0 Å². The van der Waals surface area contributed by atoms with Crippen molar-refractivity contribution in [3.63, 3.8) is 0 Å². The molecule has 1 aromatic rings. The third-order valence-electron chi connectivity index (χ3n) is 3.65. The highest BCUT2D eigenvalue weighted by Crippen LogP contribution is 2.21. The molecule has 124 valence electrons. The molecular weight excluding hydrogens is 392 g/mol. The Bertz CT molecular complexity index is 526. The van der Waals surface area contributed by atoms with Crippen molar-refractivity contribution >= 4 is 51.6 Å². The summed E-state index contributed by atoms with van der Waals surface area (Å²) in [5, 5.41) is 11.1. The number of thiophene rings is 1. The number of rotatable bonds is 5. The number of halogens is 2. The van der Waals surface area contributed by atoms with Gasteiger partial charge in [-0.05, 0) is 41.4 Å². The highest BCUT2D eigenvalue weighted by atomic mass is 79.9.